The highest BCUT2D eigenvalue weighted by Crippen LogP contribution is 2.22. The zero-order valence-corrected chi connectivity index (χ0v) is 13.9. The highest BCUT2D eigenvalue weighted by atomic mass is 32.2. The Balaban J connectivity index is 1.74. The van der Waals surface area contributed by atoms with E-state index in [0.29, 0.717) is 23.0 Å². The van der Waals surface area contributed by atoms with Gasteiger partial charge in [-0.15, -0.1) is 5.10 Å². The van der Waals surface area contributed by atoms with Crippen LogP contribution in [0.1, 0.15) is 11.1 Å². The van der Waals surface area contributed by atoms with E-state index in [9.17, 15) is 14.9 Å². The van der Waals surface area contributed by atoms with Crippen LogP contribution in [0.25, 0.3) is 0 Å². The first-order valence-corrected chi connectivity index (χ1v) is 8.44. The number of non-ortho nitro benzene ring substituents is 1. The highest BCUT2D eigenvalue weighted by molar-refractivity contribution is 8.15. The third kappa shape index (κ3) is 4.30. The van der Waals surface area contributed by atoms with Crippen molar-refractivity contribution in [1.29, 1.82) is 0 Å². The third-order valence-corrected chi connectivity index (χ3v) is 4.42. The van der Waals surface area contributed by atoms with Gasteiger partial charge in [0.25, 0.3) is 5.69 Å². The van der Waals surface area contributed by atoms with Crippen LogP contribution in [0.15, 0.2) is 64.8 Å². The number of nitro benzene ring substituents is 1. The predicted molar refractivity (Wildman–Crippen MR) is 97.6 cm³/mol. The molecule has 0 radical (unpaired) electrons. The quantitative estimate of drug-likeness (QED) is 0.469. The van der Waals surface area contributed by atoms with Crippen LogP contribution >= 0.6 is 11.8 Å². The Morgan fingerprint density at radius 1 is 1.20 bits per heavy atom. The maximum Gasteiger partial charge on any atom is 0.270 e. The van der Waals surface area contributed by atoms with E-state index < -0.39 is 4.92 Å². The van der Waals surface area contributed by atoms with Gasteiger partial charge in [0.05, 0.1) is 23.4 Å². The standard InChI is InChI=1S/C17H14N4O3S/c22-16-12-25-17(20(16)11-13-5-2-1-3-6-13)19-18-10-14-7-4-8-15(9-14)21(23)24/h1-10H,11-12H2/b18-10+,19-17+. The summed E-state index contributed by atoms with van der Waals surface area (Å²) in [6, 6.07) is 15.8. The van der Waals surface area contributed by atoms with E-state index in [-0.39, 0.29) is 11.6 Å². The summed E-state index contributed by atoms with van der Waals surface area (Å²) in [5.41, 5.74) is 1.57. The molecule has 1 aliphatic rings. The lowest BCUT2D eigenvalue weighted by Crippen LogP contribution is -2.28. The molecule has 2 aromatic carbocycles. The lowest BCUT2D eigenvalue weighted by molar-refractivity contribution is -0.384. The molecule has 0 atom stereocenters. The minimum atomic E-state index is -0.462. The van der Waals surface area contributed by atoms with Gasteiger partial charge in [-0.25, -0.2) is 0 Å². The highest BCUT2D eigenvalue weighted by Gasteiger charge is 2.28. The first kappa shape index (κ1) is 16.8. The summed E-state index contributed by atoms with van der Waals surface area (Å²) in [7, 11) is 0. The van der Waals surface area contributed by atoms with Gasteiger partial charge in [0.15, 0.2) is 5.17 Å². The number of nitro groups is 1. The first-order valence-electron chi connectivity index (χ1n) is 7.46. The predicted octanol–water partition coefficient (Wildman–Crippen LogP) is 3.06. The van der Waals surface area contributed by atoms with Gasteiger partial charge in [0.2, 0.25) is 5.91 Å². The van der Waals surface area contributed by atoms with Crippen molar-refractivity contribution < 1.29 is 9.72 Å². The van der Waals surface area contributed by atoms with Gasteiger partial charge in [0, 0.05) is 17.7 Å². The molecule has 1 heterocycles. The van der Waals surface area contributed by atoms with Crippen LogP contribution in [0.3, 0.4) is 0 Å². The summed E-state index contributed by atoms with van der Waals surface area (Å²) in [5.74, 6) is 0.316. The average Bonchev–Trinajstić information content (AvgIpc) is 2.96. The largest absolute Gasteiger partial charge is 0.285 e. The average molecular weight is 354 g/mol. The number of carbonyl (C=O) groups excluding carboxylic acids is 1. The molecule has 1 saturated heterocycles. The number of hydrogen-bond donors (Lipinski definition) is 0. The van der Waals surface area contributed by atoms with Gasteiger partial charge < -0.3 is 0 Å². The summed E-state index contributed by atoms with van der Waals surface area (Å²) in [6.07, 6.45) is 1.43. The zero-order chi connectivity index (χ0) is 17.6. The minimum Gasteiger partial charge on any atom is -0.285 e. The van der Waals surface area contributed by atoms with Crippen molar-refractivity contribution in [2.45, 2.75) is 6.54 Å². The zero-order valence-electron chi connectivity index (χ0n) is 13.1. The van der Waals surface area contributed by atoms with Gasteiger partial charge in [-0.05, 0) is 5.56 Å². The molecule has 1 fully saturated rings. The van der Waals surface area contributed by atoms with Crippen LogP contribution in [0.4, 0.5) is 5.69 Å². The van der Waals surface area contributed by atoms with E-state index in [4.69, 9.17) is 0 Å². The lowest BCUT2D eigenvalue weighted by Gasteiger charge is -2.14. The topological polar surface area (TPSA) is 88.2 Å². The normalized spacial score (nSPS) is 16.1. The monoisotopic (exact) mass is 354 g/mol. The van der Waals surface area contributed by atoms with Gasteiger partial charge in [0.1, 0.15) is 0 Å². The summed E-state index contributed by atoms with van der Waals surface area (Å²) in [6.45, 7) is 0.442. The van der Waals surface area contributed by atoms with Crippen LogP contribution in [-0.4, -0.2) is 32.9 Å². The van der Waals surface area contributed by atoms with E-state index >= 15 is 0 Å². The second-order valence-corrected chi connectivity index (χ2v) is 6.18. The molecule has 25 heavy (non-hydrogen) atoms. The van der Waals surface area contributed by atoms with E-state index in [1.165, 1.54) is 30.1 Å². The molecule has 8 heteroatoms. The number of thioether (sulfide) groups is 1. The number of benzene rings is 2. The second-order valence-electron chi connectivity index (χ2n) is 5.23. The number of carbonyl (C=O) groups is 1. The molecule has 1 aliphatic heterocycles. The van der Waals surface area contributed by atoms with E-state index in [1.54, 1.807) is 17.0 Å². The molecule has 0 saturated carbocycles. The Morgan fingerprint density at radius 2 is 2.00 bits per heavy atom. The molecule has 1 amide bonds. The Morgan fingerprint density at radius 3 is 2.76 bits per heavy atom. The van der Waals surface area contributed by atoms with Crippen molar-refractivity contribution in [1.82, 2.24) is 4.90 Å². The Labute approximate surface area is 148 Å². The van der Waals surface area contributed by atoms with E-state index in [2.05, 4.69) is 10.2 Å². The smallest absolute Gasteiger partial charge is 0.270 e. The fourth-order valence-electron chi connectivity index (χ4n) is 2.26. The summed E-state index contributed by atoms with van der Waals surface area (Å²) >= 11 is 1.33. The van der Waals surface area contributed by atoms with Gasteiger partial charge >= 0.3 is 0 Å². The van der Waals surface area contributed by atoms with Crippen molar-refractivity contribution in [2.24, 2.45) is 10.2 Å². The molecular formula is C17H14N4O3S. The van der Waals surface area contributed by atoms with Crippen molar-refractivity contribution in [2.75, 3.05) is 5.75 Å². The third-order valence-electron chi connectivity index (χ3n) is 3.47. The fourth-order valence-corrected chi connectivity index (χ4v) is 3.09. The van der Waals surface area contributed by atoms with Gasteiger partial charge in [-0.3, -0.25) is 19.8 Å². The van der Waals surface area contributed by atoms with Crippen LogP contribution in [-0.2, 0) is 11.3 Å². The molecule has 0 unspecified atom stereocenters. The Bertz CT molecular complexity index is 852. The van der Waals surface area contributed by atoms with Gasteiger partial charge in [-0.2, -0.15) is 5.10 Å². The Hall–Kier alpha value is -3.00. The van der Waals surface area contributed by atoms with Crippen molar-refractivity contribution >= 4 is 34.7 Å². The maximum absolute atomic E-state index is 12.0. The summed E-state index contributed by atoms with van der Waals surface area (Å²) < 4.78 is 0. The number of rotatable bonds is 5. The molecule has 0 bridgehead atoms. The molecule has 0 aromatic heterocycles. The molecule has 0 aliphatic carbocycles. The van der Waals surface area contributed by atoms with Crippen LogP contribution in [0.2, 0.25) is 0 Å². The molecule has 0 N–H and O–H groups in total. The molecule has 3 rings (SSSR count). The van der Waals surface area contributed by atoms with Crippen LogP contribution in [0.5, 0.6) is 0 Å². The second kappa shape index (κ2) is 7.71. The fraction of sp³-hybridized carbons (Fsp3) is 0.118. The lowest BCUT2D eigenvalue weighted by atomic mass is 10.2. The van der Waals surface area contributed by atoms with Gasteiger partial charge in [-0.1, -0.05) is 54.2 Å². The first-order chi connectivity index (χ1) is 12.1. The van der Waals surface area contributed by atoms with Crippen molar-refractivity contribution in [3.63, 3.8) is 0 Å². The van der Waals surface area contributed by atoms with Crippen LogP contribution < -0.4 is 0 Å². The maximum atomic E-state index is 12.0. The Kier molecular flexibility index (Phi) is 5.20. The number of hydrogen-bond acceptors (Lipinski definition) is 6. The van der Waals surface area contributed by atoms with Crippen molar-refractivity contribution in [3.05, 3.63) is 75.8 Å². The summed E-state index contributed by atoms with van der Waals surface area (Å²) in [4.78, 5) is 23.9. The number of amides is 1. The van der Waals surface area contributed by atoms with Crippen molar-refractivity contribution in [3.8, 4) is 0 Å². The SMILES string of the molecule is O=C1CS/C(=N/N=C/c2cccc([N+](=O)[O-])c2)N1Cc1ccccc1. The molecule has 7 nitrogen and oxygen atoms in total. The molecule has 2 aromatic rings. The molecular weight excluding hydrogens is 340 g/mol. The van der Waals surface area contributed by atoms with Crippen LogP contribution in [0, 0.1) is 10.1 Å². The minimum absolute atomic E-state index is 0.00673. The number of nitrogens with zero attached hydrogens (tertiary/aromatic N) is 4. The molecule has 126 valence electrons. The summed E-state index contributed by atoms with van der Waals surface area (Å²) in [5, 5.41) is 19.4. The van der Waals surface area contributed by atoms with E-state index in [1.807, 2.05) is 30.3 Å². The molecule has 0 spiro atoms. The van der Waals surface area contributed by atoms with E-state index in [0.717, 1.165) is 5.56 Å². The number of amidine groups is 1.